The number of hydrogen-bond acceptors (Lipinski definition) is 4. The van der Waals surface area contributed by atoms with Gasteiger partial charge in [0.15, 0.2) is 0 Å². The van der Waals surface area contributed by atoms with Gasteiger partial charge < -0.3 is 10.1 Å². The van der Waals surface area contributed by atoms with Gasteiger partial charge in [-0.2, -0.15) is 13.2 Å². The number of anilines is 1. The van der Waals surface area contributed by atoms with Crippen LogP contribution in [0.1, 0.15) is 19.4 Å². The normalized spacial score (nSPS) is 18.4. The topological polar surface area (TPSA) is 58.6 Å². The Morgan fingerprint density at radius 3 is 2.48 bits per heavy atom. The third-order valence-corrected chi connectivity index (χ3v) is 3.96. The van der Waals surface area contributed by atoms with Crippen LogP contribution in [0.15, 0.2) is 24.3 Å². The largest absolute Gasteiger partial charge is 0.425 e. The van der Waals surface area contributed by atoms with Crippen LogP contribution >= 0.6 is 11.8 Å². The van der Waals surface area contributed by atoms with Gasteiger partial charge in [-0.1, -0.05) is 11.8 Å². The maximum atomic E-state index is 12.5. The molecule has 0 saturated carbocycles. The zero-order valence-electron chi connectivity index (χ0n) is 12.4. The van der Waals surface area contributed by atoms with E-state index in [-0.39, 0.29) is 11.9 Å². The van der Waals surface area contributed by atoms with Gasteiger partial charge in [0.1, 0.15) is 0 Å². The van der Waals surface area contributed by atoms with E-state index in [1.54, 1.807) is 13.8 Å². The molecule has 1 aromatic carbocycles. The summed E-state index contributed by atoms with van der Waals surface area (Å²) in [4.78, 5) is 25.0. The monoisotopic (exact) mass is 348 g/mol. The Morgan fingerprint density at radius 1 is 1.35 bits per heavy atom. The third kappa shape index (κ3) is 4.31. The minimum Gasteiger partial charge on any atom is -0.425 e. The zero-order valence-corrected chi connectivity index (χ0v) is 13.2. The fraction of sp³-hybridized carbons (Fsp3) is 0.429. The lowest BCUT2D eigenvalue weighted by Crippen LogP contribution is -2.37. The summed E-state index contributed by atoms with van der Waals surface area (Å²) in [6.07, 6.45) is -5.14. The van der Waals surface area contributed by atoms with E-state index >= 15 is 0 Å². The van der Waals surface area contributed by atoms with Crippen LogP contribution in [0.2, 0.25) is 0 Å². The highest BCUT2D eigenvalue weighted by Crippen LogP contribution is 2.33. The van der Waals surface area contributed by atoms with Crippen molar-refractivity contribution in [3.8, 4) is 0 Å². The second-order valence-electron chi connectivity index (χ2n) is 5.14. The van der Waals surface area contributed by atoms with Crippen molar-refractivity contribution in [2.75, 3.05) is 10.8 Å². The SMILES string of the molecule is CC(C)NC(=O)OC1SCN(c2ccc(C(F)(F)F)cc2)C1=O. The first kappa shape index (κ1) is 17.5. The van der Waals surface area contributed by atoms with Crippen LogP contribution in [0.3, 0.4) is 0 Å². The van der Waals surface area contributed by atoms with E-state index in [1.807, 2.05) is 0 Å². The number of alkyl carbamates (subject to hydrolysis) is 1. The fourth-order valence-corrected chi connectivity index (χ4v) is 2.87. The van der Waals surface area contributed by atoms with Crippen molar-refractivity contribution in [2.45, 2.75) is 31.5 Å². The van der Waals surface area contributed by atoms with Crippen molar-refractivity contribution < 1.29 is 27.5 Å². The van der Waals surface area contributed by atoms with Crippen molar-refractivity contribution in [3.63, 3.8) is 0 Å². The molecular weight excluding hydrogens is 333 g/mol. The van der Waals surface area contributed by atoms with Crippen molar-refractivity contribution in [3.05, 3.63) is 29.8 Å². The number of ether oxygens (including phenoxy) is 1. The molecule has 0 bridgehead atoms. The van der Waals surface area contributed by atoms with Crippen molar-refractivity contribution in [1.29, 1.82) is 0 Å². The maximum absolute atomic E-state index is 12.5. The standard InChI is InChI=1S/C14H15F3N2O3S/c1-8(2)18-13(21)22-12-11(20)19(7-23-12)10-5-3-9(4-6-10)14(15,16)17/h3-6,8,12H,7H2,1-2H3,(H,18,21). The van der Waals surface area contributed by atoms with Crippen LogP contribution in [-0.4, -0.2) is 29.4 Å². The van der Waals surface area contributed by atoms with Gasteiger partial charge in [-0.05, 0) is 38.1 Å². The van der Waals surface area contributed by atoms with E-state index in [1.165, 1.54) is 17.0 Å². The number of nitrogens with one attached hydrogen (secondary N) is 1. The number of rotatable bonds is 3. The second-order valence-corrected chi connectivity index (χ2v) is 6.16. The van der Waals surface area contributed by atoms with Crippen LogP contribution in [0, 0.1) is 0 Å². The molecule has 1 unspecified atom stereocenters. The number of carbonyl (C=O) groups is 2. The van der Waals surface area contributed by atoms with Gasteiger partial charge in [0.05, 0.1) is 11.4 Å². The van der Waals surface area contributed by atoms with Gasteiger partial charge >= 0.3 is 12.3 Å². The number of hydrogen-bond donors (Lipinski definition) is 1. The Morgan fingerprint density at radius 2 is 1.96 bits per heavy atom. The van der Waals surface area contributed by atoms with E-state index in [0.29, 0.717) is 5.69 Å². The predicted molar refractivity (Wildman–Crippen MR) is 79.9 cm³/mol. The minimum atomic E-state index is -4.43. The van der Waals surface area contributed by atoms with Gasteiger partial charge in [0, 0.05) is 11.7 Å². The van der Waals surface area contributed by atoms with E-state index in [9.17, 15) is 22.8 Å². The van der Waals surface area contributed by atoms with Crippen LogP contribution < -0.4 is 10.2 Å². The summed E-state index contributed by atoms with van der Waals surface area (Å²) < 4.78 is 42.6. The number of thioether (sulfide) groups is 1. The van der Waals surface area contributed by atoms with Crippen LogP contribution in [0.4, 0.5) is 23.7 Å². The van der Waals surface area contributed by atoms with Crippen molar-refractivity contribution >= 4 is 29.4 Å². The Labute approximate surface area is 135 Å². The molecule has 23 heavy (non-hydrogen) atoms. The Kier molecular flexibility index (Phi) is 5.08. The van der Waals surface area contributed by atoms with E-state index in [4.69, 9.17) is 4.74 Å². The minimum absolute atomic E-state index is 0.130. The summed E-state index contributed by atoms with van der Waals surface area (Å²) in [6, 6.07) is 4.13. The quantitative estimate of drug-likeness (QED) is 0.911. The molecule has 0 aromatic heterocycles. The molecule has 1 aromatic rings. The highest BCUT2D eigenvalue weighted by atomic mass is 32.2. The van der Waals surface area contributed by atoms with Gasteiger partial charge in [0.25, 0.3) is 5.91 Å². The van der Waals surface area contributed by atoms with Crippen LogP contribution in [-0.2, 0) is 15.7 Å². The molecule has 1 N–H and O–H groups in total. The van der Waals surface area contributed by atoms with E-state index in [0.717, 1.165) is 23.9 Å². The molecule has 1 heterocycles. The summed E-state index contributed by atoms with van der Waals surface area (Å²) in [5, 5.41) is 2.50. The Balaban J connectivity index is 2.03. The summed E-state index contributed by atoms with van der Waals surface area (Å²) in [7, 11) is 0. The Bertz CT molecular complexity index is 590. The lowest BCUT2D eigenvalue weighted by atomic mass is 10.2. The molecule has 0 spiro atoms. The Hall–Kier alpha value is -1.90. The molecule has 1 aliphatic rings. The molecule has 9 heteroatoms. The van der Waals surface area contributed by atoms with Gasteiger partial charge in [-0.3, -0.25) is 9.69 Å². The molecule has 1 fully saturated rings. The summed E-state index contributed by atoms with van der Waals surface area (Å²) >= 11 is 1.09. The second kappa shape index (κ2) is 6.69. The highest BCUT2D eigenvalue weighted by molar-refractivity contribution is 8.01. The highest BCUT2D eigenvalue weighted by Gasteiger charge is 2.37. The molecule has 1 atom stereocenters. The average molecular weight is 348 g/mol. The summed E-state index contributed by atoms with van der Waals surface area (Å²) in [5.41, 5.74) is -1.47. The number of halogens is 3. The fourth-order valence-electron chi connectivity index (χ4n) is 1.89. The van der Waals surface area contributed by atoms with Crippen molar-refractivity contribution in [1.82, 2.24) is 5.32 Å². The summed E-state index contributed by atoms with van der Waals surface area (Å²) in [6.45, 7) is 3.50. The zero-order chi connectivity index (χ0) is 17.2. The van der Waals surface area contributed by atoms with E-state index < -0.39 is 29.2 Å². The van der Waals surface area contributed by atoms with Gasteiger partial charge in [-0.25, -0.2) is 4.79 Å². The third-order valence-electron chi connectivity index (χ3n) is 2.95. The molecule has 2 amide bonds. The number of carbonyl (C=O) groups excluding carboxylic acids is 2. The van der Waals surface area contributed by atoms with E-state index in [2.05, 4.69) is 5.32 Å². The van der Waals surface area contributed by atoms with Crippen molar-refractivity contribution in [2.24, 2.45) is 0 Å². The molecule has 0 aliphatic carbocycles. The average Bonchev–Trinajstić information content (AvgIpc) is 2.78. The van der Waals surface area contributed by atoms with Gasteiger partial charge in [-0.15, -0.1) is 0 Å². The first-order valence-corrected chi connectivity index (χ1v) is 7.81. The number of amides is 2. The molecule has 5 nitrogen and oxygen atoms in total. The van der Waals surface area contributed by atoms with Crippen LogP contribution in [0.25, 0.3) is 0 Å². The molecular formula is C14H15F3N2O3S. The number of benzene rings is 1. The first-order chi connectivity index (χ1) is 10.7. The predicted octanol–water partition coefficient (Wildman–Crippen LogP) is 3.20. The molecule has 0 radical (unpaired) electrons. The smallest absolute Gasteiger partial charge is 0.416 e. The molecule has 1 aliphatic heterocycles. The number of alkyl halides is 3. The molecule has 2 rings (SSSR count). The summed E-state index contributed by atoms with van der Waals surface area (Å²) in [5.74, 6) is -0.280. The lowest BCUT2D eigenvalue weighted by molar-refractivity contribution is -0.137. The first-order valence-electron chi connectivity index (χ1n) is 6.76. The maximum Gasteiger partial charge on any atom is 0.416 e. The van der Waals surface area contributed by atoms with Gasteiger partial charge in [0.2, 0.25) is 5.44 Å². The molecule has 126 valence electrons. The number of nitrogens with zero attached hydrogens (tertiary/aromatic N) is 1. The van der Waals surface area contributed by atoms with Crippen LogP contribution in [0.5, 0.6) is 0 Å². The molecule has 1 saturated heterocycles. The lowest BCUT2D eigenvalue weighted by Gasteiger charge is -2.17.